The van der Waals surface area contributed by atoms with Crippen LogP contribution in [0.25, 0.3) is 0 Å². The Balaban J connectivity index is 2.08. The summed E-state index contributed by atoms with van der Waals surface area (Å²) in [5, 5.41) is 5.21. The van der Waals surface area contributed by atoms with Gasteiger partial charge < -0.3 is 5.32 Å². The number of alkyl halides is 3. The summed E-state index contributed by atoms with van der Waals surface area (Å²) in [5.74, 6) is 0. The Morgan fingerprint density at radius 3 is 2.69 bits per heavy atom. The van der Waals surface area contributed by atoms with Crippen LogP contribution in [0, 0.1) is 0 Å². The van der Waals surface area contributed by atoms with Crippen LogP contribution >= 0.6 is 11.3 Å². The molecule has 1 aromatic rings. The summed E-state index contributed by atoms with van der Waals surface area (Å²) in [5.41, 5.74) is 0. The maximum Gasteiger partial charge on any atom is 0.389 e. The fourth-order valence-electron chi connectivity index (χ4n) is 1.41. The Hall–Kier alpha value is -0.550. The molecule has 0 bridgehead atoms. The van der Waals surface area contributed by atoms with Gasteiger partial charge in [-0.05, 0) is 37.8 Å². The van der Waals surface area contributed by atoms with E-state index in [2.05, 4.69) is 5.32 Å². The summed E-state index contributed by atoms with van der Waals surface area (Å²) in [6.45, 7) is 2.66. The summed E-state index contributed by atoms with van der Waals surface area (Å²) in [7, 11) is 0. The molecule has 1 atom stereocenters. The third kappa shape index (κ3) is 5.51. The fourth-order valence-corrected chi connectivity index (χ4v) is 2.17. The van der Waals surface area contributed by atoms with Gasteiger partial charge >= 0.3 is 6.18 Å². The van der Waals surface area contributed by atoms with Crippen molar-refractivity contribution in [2.45, 2.75) is 38.4 Å². The van der Waals surface area contributed by atoms with Gasteiger partial charge in [0, 0.05) is 17.3 Å². The van der Waals surface area contributed by atoms with Gasteiger partial charge in [-0.2, -0.15) is 13.2 Å². The lowest BCUT2D eigenvalue weighted by molar-refractivity contribution is -0.135. The maximum absolute atomic E-state index is 11.8. The minimum atomic E-state index is -4.01. The van der Waals surface area contributed by atoms with Crippen molar-refractivity contribution in [3.05, 3.63) is 22.4 Å². The zero-order chi connectivity index (χ0) is 12.0. The van der Waals surface area contributed by atoms with E-state index in [9.17, 15) is 13.2 Å². The number of thiophene rings is 1. The van der Waals surface area contributed by atoms with Crippen LogP contribution in [0.5, 0.6) is 0 Å². The first-order chi connectivity index (χ1) is 7.49. The second kappa shape index (κ2) is 6.25. The monoisotopic (exact) mass is 251 g/mol. The lowest BCUT2D eigenvalue weighted by Crippen LogP contribution is -2.19. The molecule has 0 amide bonds. The molecule has 1 unspecified atom stereocenters. The Bertz CT molecular complexity index is 282. The van der Waals surface area contributed by atoms with Crippen molar-refractivity contribution in [3.8, 4) is 0 Å². The molecule has 0 aliphatic heterocycles. The third-order valence-corrected chi connectivity index (χ3v) is 3.36. The molecule has 1 heterocycles. The van der Waals surface area contributed by atoms with Crippen molar-refractivity contribution < 1.29 is 13.2 Å². The molecule has 0 spiro atoms. The van der Waals surface area contributed by atoms with Crippen molar-refractivity contribution in [1.29, 1.82) is 0 Å². The van der Waals surface area contributed by atoms with Gasteiger partial charge in [0.25, 0.3) is 0 Å². The lowest BCUT2D eigenvalue weighted by Gasteiger charge is -2.12. The van der Waals surface area contributed by atoms with Crippen LogP contribution in [0.15, 0.2) is 17.5 Å². The Labute approximate surface area is 97.7 Å². The quantitative estimate of drug-likeness (QED) is 0.749. The van der Waals surface area contributed by atoms with E-state index < -0.39 is 12.6 Å². The van der Waals surface area contributed by atoms with E-state index in [1.54, 1.807) is 11.3 Å². The average molecular weight is 251 g/mol. The molecule has 16 heavy (non-hydrogen) atoms. The van der Waals surface area contributed by atoms with Crippen LogP contribution in [0.4, 0.5) is 13.2 Å². The van der Waals surface area contributed by atoms with Crippen LogP contribution in [0.3, 0.4) is 0 Å². The van der Waals surface area contributed by atoms with E-state index in [-0.39, 0.29) is 12.5 Å². The van der Waals surface area contributed by atoms with Gasteiger partial charge in [0.2, 0.25) is 0 Å². The Morgan fingerprint density at radius 2 is 2.12 bits per heavy atom. The first-order valence-electron chi connectivity index (χ1n) is 5.32. The minimum absolute atomic E-state index is 0.202. The van der Waals surface area contributed by atoms with Gasteiger partial charge in [-0.1, -0.05) is 6.07 Å². The summed E-state index contributed by atoms with van der Waals surface area (Å²) in [6.07, 6.45) is -3.93. The number of rotatable bonds is 6. The molecule has 5 heteroatoms. The molecule has 1 aromatic heterocycles. The molecule has 0 radical (unpaired) electrons. The maximum atomic E-state index is 11.8. The lowest BCUT2D eigenvalue weighted by atomic mass is 10.2. The molecule has 1 N–H and O–H groups in total. The molecule has 0 aliphatic rings. The SMILES string of the molecule is CC(NCCCCC(F)(F)F)c1cccs1. The molecule has 92 valence electrons. The molecule has 0 fully saturated rings. The smallest absolute Gasteiger partial charge is 0.309 e. The molecule has 0 saturated carbocycles. The standard InChI is InChI=1S/C11H16F3NS/c1-9(10-5-4-8-16-10)15-7-3-2-6-11(12,13)14/h4-5,8-9,15H,2-3,6-7H2,1H3. The zero-order valence-corrected chi connectivity index (χ0v) is 10.00. The highest BCUT2D eigenvalue weighted by atomic mass is 32.1. The van der Waals surface area contributed by atoms with Crippen LogP contribution in [-0.4, -0.2) is 12.7 Å². The highest BCUT2D eigenvalue weighted by Crippen LogP contribution is 2.22. The predicted octanol–water partition coefficient (Wildman–Crippen LogP) is 4.13. The van der Waals surface area contributed by atoms with Gasteiger partial charge in [0.1, 0.15) is 0 Å². The molecule has 0 aromatic carbocycles. The topological polar surface area (TPSA) is 12.0 Å². The summed E-state index contributed by atoms with van der Waals surface area (Å²) in [4.78, 5) is 1.22. The van der Waals surface area contributed by atoms with E-state index in [0.29, 0.717) is 13.0 Å². The van der Waals surface area contributed by atoms with Gasteiger partial charge in [0.05, 0.1) is 0 Å². The Morgan fingerprint density at radius 1 is 1.38 bits per heavy atom. The second-order valence-electron chi connectivity index (χ2n) is 3.76. The van der Waals surface area contributed by atoms with Gasteiger partial charge in [-0.15, -0.1) is 11.3 Å². The van der Waals surface area contributed by atoms with E-state index in [1.807, 2.05) is 24.4 Å². The second-order valence-corrected chi connectivity index (χ2v) is 4.74. The highest BCUT2D eigenvalue weighted by Gasteiger charge is 2.25. The fraction of sp³-hybridized carbons (Fsp3) is 0.636. The Kier molecular flexibility index (Phi) is 5.28. The largest absolute Gasteiger partial charge is 0.389 e. The van der Waals surface area contributed by atoms with Crippen molar-refractivity contribution >= 4 is 11.3 Å². The van der Waals surface area contributed by atoms with Crippen LogP contribution in [0.2, 0.25) is 0 Å². The van der Waals surface area contributed by atoms with Gasteiger partial charge in [-0.3, -0.25) is 0 Å². The number of halogens is 3. The third-order valence-electron chi connectivity index (χ3n) is 2.31. The van der Waals surface area contributed by atoms with Crippen molar-refractivity contribution in [2.24, 2.45) is 0 Å². The van der Waals surface area contributed by atoms with Crippen molar-refractivity contribution in [2.75, 3.05) is 6.54 Å². The zero-order valence-electron chi connectivity index (χ0n) is 9.18. The summed E-state index contributed by atoms with van der Waals surface area (Å²) < 4.78 is 35.5. The minimum Gasteiger partial charge on any atom is -0.309 e. The van der Waals surface area contributed by atoms with E-state index in [1.165, 1.54) is 4.88 Å². The molecule has 1 rings (SSSR count). The average Bonchev–Trinajstić information content (AvgIpc) is 2.67. The first-order valence-corrected chi connectivity index (χ1v) is 6.20. The molecule has 1 nitrogen and oxygen atoms in total. The predicted molar refractivity (Wildman–Crippen MR) is 60.6 cm³/mol. The van der Waals surface area contributed by atoms with E-state index >= 15 is 0 Å². The van der Waals surface area contributed by atoms with Gasteiger partial charge in [0.15, 0.2) is 0 Å². The number of unbranched alkanes of at least 4 members (excludes halogenated alkanes) is 1. The van der Waals surface area contributed by atoms with Crippen LogP contribution < -0.4 is 5.32 Å². The summed E-state index contributed by atoms with van der Waals surface area (Å²) in [6, 6.07) is 4.23. The number of nitrogens with one attached hydrogen (secondary N) is 1. The number of hydrogen-bond donors (Lipinski definition) is 1. The van der Waals surface area contributed by atoms with E-state index in [4.69, 9.17) is 0 Å². The molecule has 0 saturated heterocycles. The first kappa shape index (κ1) is 13.5. The summed E-state index contributed by atoms with van der Waals surface area (Å²) >= 11 is 1.66. The normalized spacial score (nSPS) is 14.0. The molecular weight excluding hydrogens is 235 g/mol. The van der Waals surface area contributed by atoms with Crippen molar-refractivity contribution in [3.63, 3.8) is 0 Å². The highest BCUT2D eigenvalue weighted by molar-refractivity contribution is 7.10. The van der Waals surface area contributed by atoms with Gasteiger partial charge in [-0.25, -0.2) is 0 Å². The van der Waals surface area contributed by atoms with Crippen LogP contribution in [0.1, 0.15) is 37.1 Å². The number of hydrogen-bond acceptors (Lipinski definition) is 2. The van der Waals surface area contributed by atoms with E-state index in [0.717, 1.165) is 0 Å². The van der Waals surface area contributed by atoms with Crippen molar-refractivity contribution in [1.82, 2.24) is 5.32 Å². The molecule has 0 aliphatic carbocycles. The molecular formula is C11H16F3NS. The van der Waals surface area contributed by atoms with Crippen LogP contribution in [-0.2, 0) is 0 Å².